The van der Waals surface area contributed by atoms with Gasteiger partial charge in [0.05, 0.1) is 0 Å². The molecule has 0 atom stereocenters. The van der Waals surface area contributed by atoms with Crippen molar-refractivity contribution in [3.63, 3.8) is 0 Å². The van der Waals surface area contributed by atoms with Crippen molar-refractivity contribution in [1.29, 1.82) is 0 Å². The van der Waals surface area contributed by atoms with E-state index in [1.807, 2.05) is 79.7 Å². The van der Waals surface area contributed by atoms with Crippen LogP contribution in [0.3, 0.4) is 0 Å². The second-order valence-electron chi connectivity index (χ2n) is 3.27. The van der Waals surface area contributed by atoms with E-state index in [0.29, 0.717) is 0 Å². The summed E-state index contributed by atoms with van der Waals surface area (Å²) in [6, 6.07) is 7.78. The topological polar surface area (TPSA) is 28.2 Å². The zero-order chi connectivity index (χ0) is 18.7. The summed E-state index contributed by atoms with van der Waals surface area (Å²) in [7, 11) is 0. The summed E-state index contributed by atoms with van der Waals surface area (Å²) < 4.78 is 0. The van der Waals surface area contributed by atoms with Gasteiger partial charge in [0.1, 0.15) is 0 Å². The monoisotopic (exact) mass is 525 g/mol. The molecule has 0 bridgehead atoms. The maximum atomic E-state index is 5.37. The van der Waals surface area contributed by atoms with Gasteiger partial charge in [0, 0.05) is 0 Å². The Morgan fingerprint density at radius 1 is 0.800 bits per heavy atom. The maximum Gasteiger partial charge on any atom is 4.00 e. The van der Waals surface area contributed by atoms with Crippen LogP contribution in [0, 0.1) is 14.0 Å². The fraction of sp³-hybridized carbons (Fsp3) is 0.409. The van der Waals surface area contributed by atoms with Crippen LogP contribution in [0.25, 0.3) is 12.2 Å². The first-order valence-corrected chi connectivity index (χ1v) is 8.74. The molecule has 2 nitrogen and oxygen atoms in total. The van der Waals surface area contributed by atoms with Gasteiger partial charge < -0.3 is 23.1 Å². The van der Waals surface area contributed by atoms with Gasteiger partial charge in [-0.15, -0.1) is 18.3 Å². The van der Waals surface area contributed by atoms with Gasteiger partial charge in [0.2, 0.25) is 0 Å². The van der Waals surface area contributed by atoms with E-state index in [1.165, 1.54) is 6.08 Å². The molecule has 0 unspecified atom stereocenters. The van der Waals surface area contributed by atoms with Gasteiger partial charge in [-0.1, -0.05) is 73.6 Å². The van der Waals surface area contributed by atoms with Crippen molar-refractivity contribution in [3.05, 3.63) is 67.6 Å². The van der Waals surface area contributed by atoms with E-state index in [2.05, 4.69) is 16.5 Å². The minimum absolute atomic E-state index is 0. The van der Waals surface area contributed by atoms with Gasteiger partial charge >= 0.3 is 21.1 Å². The zero-order valence-corrected chi connectivity index (χ0v) is 19.9. The molecule has 2 rings (SSSR count). The summed E-state index contributed by atoms with van der Waals surface area (Å²) >= 11 is 0. The standard InChI is InChI=1S/C13H11N2.4C2H6.CH3.Pt/c1-3-10-5-7-12(14-10)9-13-8-6-11(4-2)15-13;4*1-2;;/h1,3-8H,2,9H2;4*1-2H3;1H3;/q-3;;;;;-1;+4. The molecular weight excluding hydrogens is 487 g/mol. The first-order valence-electron chi connectivity index (χ1n) is 8.74. The fourth-order valence-corrected chi connectivity index (χ4v) is 1.43. The normalized spacial score (nSPS) is 7.04. The van der Waals surface area contributed by atoms with E-state index in [-0.39, 0.29) is 28.5 Å². The SMILES string of the molecule is CC.CC.CC.CC.[CH-]=Cc1ccc(Cc2ccc(C=C)[n-]2)[n-]1.[CH3-].[Pt+4]. The van der Waals surface area contributed by atoms with E-state index in [4.69, 9.17) is 6.58 Å². The Bertz CT molecular complexity index is 437. The van der Waals surface area contributed by atoms with Crippen LogP contribution in [0.1, 0.15) is 78.2 Å². The van der Waals surface area contributed by atoms with Crippen LogP contribution in [0.5, 0.6) is 0 Å². The number of aromatic nitrogens is 2. The Morgan fingerprint density at radius 2 is 1.16 bits per heavy atom. The number of nitrogens with zero attached hydrogens (tertiary/aromatic N) is 2. The average Bonchev–Trinajstić information content (AvgIpc) is 3.31. The van der Waals surface area contributed by atoms with Crippen LogP contribution < -0.4 is 9.97 Å². The Hall–Kier alpha value is -1.27. The second kappa shape index (κ2) is 27.6. The van der Waals surface area contributed by atoms with Crippen LogP contribution >= 0.6 is 0 Å². The van der Waals surface area contributed by atoms with Crippen LogP contribution in [-0.2, 0) is 27.5 Å². The molecule has 0 radical (unpaired) electrons. The molecule has 0 N–H and O–H groups in total. The maximum absolute atomic E-state index is 5.37. The molecule has 0 aliphatic carbocycles. The minimum Gasteiger partial charge on any atom is -0.746 e. The molecule has 3 heteroatoms. The Labute approximate surface area is 172 Å². The Balaban J connectivity index is -0.000000118. The van der Waals surface area contributed by atoms with Crippen molar-refractivity contribution in [2.75, 3.05) is 0 Å². The van der Waals surface area contributed by atoms with Crippen molar-refractivity contribution >= 4 is 12.2 Å². The summed E-state index contributed by atoms with van der Waals surface area (Å²) in [4.78, 5) is 8.67. The molecule has 0 saturated heterocycles. The van der Waals surface area contributed by atoms with Crippen LogP contribution in [-0.4, -0.2) is 0 Å². The molecule has 2 heterocycles. The van der Waals surface area contributed by atoms with Gasteiger partial charge in [-0.05, 0) is 6.42 Å². The third-order valence-electron chi connectivity index (χ3n) is 2.18. The molecule has 2 aromatic heterocycles. The molecule has 2 aromatic rings. The third-order valence-corrected chi connectivity index (χ3v) is 2.18. The summed E-state index contributed by atoms with van der Waals surface area (Å²) in [6.45, 7) is 25.0. The van der Waals surface area contributed by atoms with Crippen LogP contribution in [0.2, 0.25) is 0 Å². The van der Waals surface area contributed by atoms with Gasteiger partial charge in [-0.3, -0.25) is 12.7 Å². The molecule has 25 heavy (non-hydrogen) atoms. The van der Waals surface area contributed by atoms with Crippen molar-refractivity contribution in [3.8, 4) is 0 Å². The van der Waals surface area contributed by atoms with E-state index in [1.54, 1.807) is 6.08 Å². The first-order chi connectivity index (χ1) is 11.3. The number of rotatable bonds is 4. The summed E-state index contributed by atoms with van der Waals surface area (Å²) in [5.74, 6) is 0. The molecule has 0 aliphatic heterocycles. The summed E-state index contributed by atoms with van der Waals surface area (Å²) in [5.41, 5.74) is 3.70. The van der Waals surface area contributed by atoms with Gasteiger partial charge in [0.15, 0.2) is 0 Å². The molecular formula is C22H38N2Pt. The molecule has 146 valence electrons. The number of hydrogen-bond acceptors (Lipinski definition) is 0. The quantitative estimate of drug-likeness (QED) is 0.409. The Kier molecular flexibility index (Phi) is 38.5. The fourth-order valence-electron chi connectivity index (χ4n) is 1.43. The van der Waals surface area contributed by atoms with Crippen molar-refractivity contribution in [1.82, 2.24) is 9.97 Å². The van der Waals surface area contributed by atoms with Crippen LogP contribution in [0.4, 0.5) is 0 Å². The van der Waals surface area contributed by atoms with Crippen molar-refractivity contribution in [2.45, 2.75) is 61.8 Å². The van der Waals surface area contributed by atoms with E-state index >= 15 is 0 Å². The second-order valence-corrected chi connectivity index (χ2v) is 3.27. The molecule has 0 spiro atoms. The molecule has 0 aliphatic rings. The minimum atomic E-state index is 0. The van der Waals surface area contributed by atoms with E-state index in [9.17, 15) is 0 Å². The van der Waals surface area contributed by atoms with Crippen molar-refractivity contribution in [2.24, 2.45) is 0 Å². The third kappa shape index (κ3) is 16.0. The van der Waals surface area contributed by atoms with Gasteiger partial charge in [-0.2, -0.15) is 17.5 Å². The zero-order valence-electron chi connectivity index (χ0n) is 17.7. The van der Waals surface area contributed by atoms with E-state index in [0.717, 1.165) is 29.2 Å². The summed E-state index contributed by atoms with van der Waals surface area (Å²) in [6.07, 6.45) is 3.97. The molecule has 0 fully saturated rings. The first kappa shape index (κ1) is 34.9. The van der Waals surface area contributed by atoms with E-state index < -0.39 is 0 Å². The van der Waals surface area contributed by atoms with Crippen molar-refractivity contribution < 1.29 is 21.1 Å². The smallest absolute Gasteiger partial charge is 0.746 e. The Morgan fingerprint density at radius 3 is 1.44 bits per heavy atom. The average molecular weight is 526 g/mol. The molecule has 0 saturated carbocycles. The molecule has 0 amide bonds. The van der Waals surface area contributed by atoms with Gasteiger partial charge in [-0.25, -0.2) is 0 Å². The number of hydrogen-bond donors (Lipinski definition) is 0. The predicted molar refractivity (Wildman–Crippen MR) is 113 cm³/mol. The predicted octanol–water partition coefficient (Wildman–Crippen LogP) is 6.83. The van der Waals surface area contributed by atoms with Crippen LogP contribution in [0.15, 0.2) is 30.8 Å². The largest absolute Gasteiger partial charge is 4.00 e. The van der Waals surface area contributed by atoms with Gasteiger partial charge in [0.25, 0.3) is 0 Å². The summed E-state index contributed by atoms with van der Waals surface area (Å²) in [5, 5.41) is 0. The molecule has 0 aromatic carbocycles.